The van der Waals surface area contributed by atoms with E-state index in [2.05, 4.69) is 32.7 Å². The van der Waals surface area contributed by atoms with Gasteiger partial charge in [0.2, 0.25) is 5.88 Å². The molecule has 142 valence electrons. The third-order valence-corrected chi connectivity index (χ3v) is 5.17. The number of anilines is 1. The molecule has 1 aromatic heterocycles. The van der Waals surface area contributed by atoms with Gasteiger partial charge in [-0.1, -0.05) is 30.3 Å². The van der Waals surface area contributed by atoms with Crippen molar-refractivity contribution in [1.29, 1.82) is 0 Å². The van der Waals surface area contributed by atoms with Gasteiger partial charge in [0.1, 0.15) is 5.82 Å². The molecule has 0 amide bonds. The lowest BCUT2D eigenvalue weighted by atomic mass is 9.99. The zero-order valence-corrected chi connectivity index (χ0v) is 15.9. The van der Waals surface area contributed by atoms with Crippen LogP contribution in [0.2, 0.25) is 0 Å². The van der Waals surface area contributed by atoms with E-state index < -0.39 is 0 Å². The lowest BCUT2D eigenvalue weighted by molar-refractivity contribution is 0.233. The Morgan fingerprint density at radius 1 is 1.18 bits per heavy atom. The highest BCUT2D eigenvalue weighted by Crippen LogP contribution is 2.25. The van der Waals surface area contributed by atoms with E-state index in [-0.39, 0.29) is 0 Å². The number of ether oxygens (including phenoxy) is 1. The van der Waals surface area contributed by atoms with Crippen molar-refractivity contribution in [1.82, 2.24) is 9.88 Å². The zero-order valence-electron chi connectivity index (χ0n) is 15.9. The summed E-state index contributed by atoms with van der Waals surface area (Å²) in [5, 5.41) is 3.16. The Labute approximate surface area is 166 Å². The lowest BCUT2D eigenvalue weighted by Crippen LogP contribution is -2.31. The Bertz CT molecular complexity index is 958. The SMILES string of the molecule is [C-]#[N+]c1ccc2c(c1)CCN(CCCCOc1ccc3c(n1)NC(=C)C=C3)C2. The second-order valence-corrected chi connectivity index (χ2v) is 7.22. The van der Waals surface area contributed by atoms with Crippen LogP contribution in [0.1, 0.15) is 29.5 Å². The number of hydrogen-bond acceptors (Lipinski definition) is 4. The van der Waals surface area contributed by atoms with Crippen molar-refractivity contribution in [3.63, 3.8) is 0 Å². The number of pyridine rings is 1. The van der Waals surface area contributed by atoms with Crippen LogP contribution >= 0.6 is 0 Å². The highest BCUT2D eigenvalue weighted by atomic mass is 16.5. The number of fused-ring (bicyclic) bond motifs is 2. The summed E-state index contributed by atoms with van der Waals surface area (Å²) in [6.07, 6.45) is 7.06. The summed E-state index contributed by atoms with van der Waals surface area (Å²) in [5.74, 6) is 1.45. The molecule has 1 aromatic carbocycles. The predicted molar refractivity (Wildman–Crippen MR) is 112 cm³/mol. The minimum atomic E-state index is 0.650. The number of rotatable bonds is 6. The third-order valence-electron chi connectivity index (χ3n) is 5.17. The largest absolute Gasteiger partial charge is 0.478 e. The Hall–Kier alpha value is -3.10. The maximum atomic E-state index is 7.14. The second-order valence-electron chi connectivity index (χ2n) is 7.22. The van der Waals surface area contributed by atoms with Crippen molar-refractivity contribution in [3.8, 4) is 5.88 Å². The Morgan fingerprint density at radius 2 is 2.11 bits per heavy atom. The van der Waals surface area contributed by atoms with Crippen LogP contribution in [0.25, 0.3) is 10.9 Å². The van der Waals surface area contributed by atoms with Gasteiger partial charge in [0.15, 0.2) is 5.69 Å². The van der Waals surface area contributed by atoms with Crippen LogP contribution in [0.3, 0.4) is 0 Å². The number of aromatic nitrogens is 1. The summed E-state index contributed by atoms with van der Waals surface area (Å²) in [7, 11) is 0. The molecular formula is C23H24N4O. The van der Waals surface area contributed by atoms with Crippen LogP contribution in [0.4, 0.5) is 11.5 Å². The van der Waals surface area contributed by atoms with E-state index in [9.17, 15) is 0 Å². The molecule has 1 N–H and O–H groups in total. The van der Waals surface area contributed by atoms with Crippen LogP contribution in [0.5, 0.6) is 5.88 Å². The second kappa shape index (κ2) is 8.28. The van der Waals surface area contributed by atoms with Gasteiger partial charge in [-0.3, -0.25) is 4.90 Å². The van der Waals surface area contributed by atoms with Crippen molar-refractivity contribution in [2.45, 2.75) is 25.8 Å². The maximum absolute atomic E-state index is 7.14. The van der Waals surface area contributed by atoms with Crippen LogP contribution < -0.4 is 10.1 Å². The molecule has 5 heteroatoms. The molecule has 28 heavy (non-hydrogen) atoms. The summed E-state index contributed by atoms with van der Waals surface area (Å²) < 4.78 is 5.83. The fourth-order valence-electron chi connectivity index (χ4n) is 3.62. The minimum Gasteiger partial charge on any atom is -0.478 e. The molecule has 0 saturated carbocycles. The van der Waals surface area contributed by atoms with Crippen molar-refractivity contribution in [3.05, 3.63) is 76.8 Å². The molecule has 2 aliphatic rings. The number of hydrogen-bond donors (Lipinski definition) is 1. The molecule has 0 unspecified atom stereocenters. The fraction of sp³-hybridized carbons (Fsp3) is 0.304. The van der Waals surface area contributed by atoms with E-state index in [1.807, 2.05) is 36.4 Å². The molecule has 5 nitrogen and oxygen atoms in total. The molecule has 0 fully saturated rings. The molecule has 0 bridgehead atoms. The van der Waals surface area contributed by atoms with Gasteiger partial charge in [0.25, 0.3) is 0 Å². The van der Waals surface area contributed by atoms with Gasteiger partial charge in [-0.25, -0.2) is 4.85 Å². The molecule has 2 aromatic rings. The molecule has 4 rings (SSSR count). The monoisotopic (exact) mass is 372 g/mol. The Kier molecular flexibility index (Phi) is 5.41. The first-order chi connectivity index (χ1) is 13.7. The first-order valence-corrected chi connectivity index (χ1v) is 9.71. The quantitative estimate of drug-likeness (QED) is 0.584. The van der Waals surface area contributed by atoms with Crippen molar-refractivity contribution >= 4 is 17.6 Å². The summed E-state index contributed by atoms with van der Waals surface area (Å²) in [5.41, 5.74) is 5.32. The van der Waals surface area contributed by atoms with Crippen LogP contribution in [-0.4, -0.2) is 29.6 Å². The fourth-order valence-corrected chi connectivity index (χ4v) is 3.62. The number of allylic oxidation sites excluding steroid dienone is 1. The van der Waals surface area contributed by atoms with Gasteiger partial charge in [-0.15, -0.1) is 0 Å². The zero-order chi connectivity index (χ0) is 19.3. The Balaban J connectivity index is 1.20. The molecular weight excluding hydrogens is 348 g/mol. The maximum Gasteiger partial charge on any atom is 0.215 e. The van der Waals surface area contributed by atoms with Crippen molar-refractivity contribution < 1.29 is 4.74 Å². The normalized spacial score (nSPS) is 15.3. The molecule has 2 aliphatic heterocycles. The highest BCUT2D eigenvalue weighted by molar-refractivity contribution is 5.71. The van der Waals surface area contributed by atoms with Crippen LogP contribution in [-0.2, 0) is 13.0 Å². The minimum absolute atomic E-state index is 0.650. The average molecular weight is 372 g/mol. The number of unbranched alkanes of at least 4 members (excludes halogenated alkanes) is 1. The first kappa shape index (κ1) is 18.3. The van der Waals surface area contributed by atoms with E-state index >= 15 is 0 Å². The molecule has 3 heterocycles. The topological polar surface area (TPSA) is 41.8 Å². The standard InChI is InChI=1S/C23H24N4O/c1-17-5-6-18-8-10-22(26-23(18)25-17)28-14-4-3-12-27-13-11-19-15-21(24-2)9-7-20(19)16-27/h5-10,15H,1,3-4,11-14,16H2,(H,25,26). The van der Waals surface area contributed by atoms with E-state index in [4.69, 9.17) is 11.3 Å². The van der Waals surface area contributed by atoms with Crippen molar-refractivity contribution in [2.24, 2.45) is 0 Å². The van der Waals surface area contributed by atoms with E-state index in [1.54, 1.807) is 0 Å². The van der Waals surface area contributed by atoms with E-state index in [0.717, 1.165) is 61.7 Å². The smallest absolute Gasteiger partial charge is 0.215 e. The van der Waals surface area contributed by atoms with Gasteiger partial charge < -0.3 is 10.1 Å². The van der Waals surface area contributed by atoms with Gasteiger partial charge >= 0.3 is 0 Å². The number of nitrogens with zero attached hydrogens (tertiary/aromatic N) is 3. The van der Waals surface area contributed by atoms with Gasteiger partial charge in [0, 0.05) is 30.4 Å². The van der Waals surface area contributed by atoms with Gasteiger partial charge in [0.05, 0.1) is 13.2 Å². The summed E-state index contributed by atoms with van der Waals surface area (Å²) in [6.45, 7) is 14.8. The summed E-state index contributed by atoms with van der Waals surface area (Å²) >= 11 is 0. The summed E-state index contributed by atoms with van der Waals surface area (Å²) in [6, 6.07) is 10.0. The van der Waals surface area contributed by atoms with Gasteiger partial charge in [-0.05, 0) is 49.6 Å². The van der Waals surface area contributed by atoms with Crippen LogP contribution in [0, 0.1) is 6.57 Å². The number of nitrogens with one attached hydrogen (secondary N) is 1. The molecule has 0 radical (unpaired) electrons. The van der Waals surface area contributed by atoms with E-state index in [1.165, 1.54) is 11.1 Å². The number of benzene rings is 1. The molecule has 0 spiro atoms. The highest BCUT2D eigenvalue weighted by Gasteiger charge is 2.16. The average Bonchev–Trinajstić information content (AvgIpc) is 2.72. The van der Waals surface area contributed by atoms with Crippen LogP contribution in [0.15, 0.2) is 48.7 Å². The Morgan fingerprint density at radius 3 is 3.00 bits per heavy atom. The van der Waals surface area contributed by atoms with Gasteiger partial charge in [-0.2, -0.15) is 4.98 Å². The van der Waals surface area contributed by atoms with Crippen molar-refractivity contribution in [2.75, 3.05) is 25.0 Å². The summed E-state index contributed by atoms with van der Waals surface area (Å²) in [4.78, 5) is 10.5. The lowest BCUT2D eigenvalue weighted by Gasteiger charge is -2.29. The van der Waals surface area contributed by atoms with E-state index in [0.29, 0.717) is 12.5 Å². The third kappa shape index (κ3) is 4.24. The first-order valence-electron chi connectivity index (χ1n) is 9.71. The molecule has 0 atom stereocenters. The molecule has 0 aliphatic carbocycles. The molecule has 0 saturated heterocycles. The predicted octanol–water partition coefficient (Wildman–Crippen LogP) is 4.80.